The fraction of sp³-hybridized carbons (Fsp3) is 0.111. The number of aromatic amines is 1. The fourth-order valence-corrected chi connectivity index (χ4v) is 2.37. The zero-order valence-electron chi connectivity index (χ0n) is 9.83. The zero-order chi connectivity index (χ0) is 15.9. The smallest absolute Gasteiger partial charge is 0.332 e. The van der Waals surface area contributed by atoms with Crippen molar-refractivity contribution in [1.82, 2.24) is 4.98 Å². The number of rotatable bonds is 4. The first-order chi connectivity index (χ1) is 9.73. The number of halogens is 2. The fourth-order valence-electron chi connectivity index (χ4n) is 1.95. The number of fused-ring (bicyclic) bond motifs is 1. The summed E-state index contributed by atoms with van der Waals surface area (Å²) >= 11 is 11.5. The molecular formula is C9H4Cl2N4O6. The third-order valence-electron chi connectivity index (χ3n) is 2.69. The molecule has 0 bridgehead atoms. The van der Waals surface area contributed by atoms with Gasteiger partial charge in [0.1, 0.15) is 21.5 Å². The van der Waals surface area contributed by atoms with Crippen molar-refractivity contribution < 1.29 is 14.8 Å². The maximum atomic E-state index is 11.1. The van der Waals surface area contributed by atoms with Crippen LogP contribution in [0.15, 0.2) is 6.07 Å². The van der Waals surface area contributed by atoms with Crippen molar-refractivity contribution in [3.8, 4) is 0 Å². The molecule has 0 radical (unpaired) electrons. The van der Waals surface area contributed by atoms with Crippen molar-refractivity contribution >= 4 is 45.6 Å². The van der Waals surface area contributed by atoms with Crippen molar-refractivity contribution in [3.05, 3.63) is 52.0 Å². The van der Waals surface area contributed by atoms with Crippen LogP contribution in [0, 0.1) is 30.3 Å². The van der Waals surface area contributed by atoms with Crippen LogP contribution in [0.3, 0.4) is 0 Å². The Morgan fingerprint density at radius 2 is 1.71 bits per heavy atom. The van der Waals surface area contributed by atoms with E-state index in [4.69, 9.17) is 23.2 Å². The average Bonchev–Trinajstić information content (AvgIpc) is 2.68. The molecule has 10 nitrogen and oxygen atoms in total. The number of nitro benzene ring substituents is 1. The molecule has 0 fully saturated rings. The molecule has 1 N–H and O–H groups in total. The lowest BCUT2D eigenvalue weighted by Gasteiger charge is -2.00. The van der Waals surface area contributed by atoms with E-state index in [0.717, 1.165) is 6.07 Å². The normalized spacial score (nSPS) is 10.8. The van der Waals surface area contributed by atoms with E-state index >= 15 is 0 Å². The van der Waals surface area contributed by atoms with Gasteiger partial charge in [0.05, 0.1) is 9.95 Å². The second-order valence-corrected chi connectivity index (χ2v) is 4.69. The number of nitrogens with one attached hydrogen (secondary N) is 1. The van der Waals surface area contributed by atoms with Gasteiger partial charge in [0.2, 0.25) is 6.54 Å². The molecule has 1 aromatic heterocycles. The molecule has 0 amide bonds. The van der Waals surface area contributed by atoms with Crippen molar-refractivity contribution in [1.29, 1.82) is 0 Å². The summed E-state index contributed by atoms with van der Waals surface area (Å²) in [4.78, 5) is 32.4. The molecule has 1 heterocycles. The molecule has 0 saturated heterocycles. The standard InChI is InChI=1S/C9H4Cl2N4O6/c10-4-1-5-6(8(7(4)11)14(18)19)3(2-13(16)17)9(12-5)15(20)21/h1,12H,2H2. The average molecular weight is 335 g/mol. The van der Waals surface area contributed by atoms with Gasteiger partial charge >= 0.3 is 11.5 Å². The zero-order valence-corrected chi connectivity index (χ0v) is 11.3. The van der Waals surface area contributed by atoms with E-state index in [1.165, 1.54) is 0 Å². The van der Waals surface area contributed by atoms with Gasteiger partial charge in [-0.05, 0) is 4.92 Å². The Morgan fingerprint density at radius 3 is 2.19 bits per heavy atom. The number of H-pyrrole nitrogens is 1. The maximum absolute atomic E-state index is 11.1. The number of hydrogen-bond donors (Lipinski definition) is 1. The second-order valence-electron chi connectivity index (χ2n) is 3.90. The van der Waals surface area contributed by atoms with E-state index in [1.807, 2.05) is 0 Å². The highest BCUT2D eigenvalue weighted by Crippen LogP contribution is 2.43. The molecule has 21 heavy (non-hydrogen) atoms. The van der Waals surface area contributed by atoms with Gasteiger partial charge in [0.15, 0.2) is 0 Å². The van der Waals surface area contributed by atoms with Gasteiger partial charge in [-0.25, -0.2) is 4.98 Å². The van der Waals surface area contributed by atoms with Crippen LogP contribution in [-0.2, 0) is 6.54 Å². The van der Waals surface area contributed by atoms with E-state index in [-0.39, 0.29) is 15.9 Å². The molecule has 110 valence electrons. The Labute approximate surface area is 124 Å². The highest BCUT2D eigenvalue weighted by atomic mass is 35.5. The van der Waals surface area contributed by atoms with Gasteiger partial charge in [-0.3, -0.25) is 20.2 Å². The number of nitrogens with zero attached hydrogens (tertiary/aromatic N) is 3. The lowest BCUT2D eigenvalue weighted by molar-refractivity contribution is -0.498. The molecule has 0 spiro atoms. The van der Waals surface area contributed by atoms with Crippen LogP contribution in [0.2, 0.25) is 10.0 Å². The van der Waals surface area contributed by atoms with Crippen molar-refractivity contribution in [2.75, 3.05) is 0 Å². The van der Waals surface area contributed by atoms with Gasteiger partial charge in [0.25, 0.3) is 0 Å². The Balaban J connectivity index is 2.98. The summed E-state index contributed by atoms with van der Waals surface area (Å²) in [5, 5.41) is 31.8. The maximum Gasteiger partial charge on any atom is 0.332 e. The van der Waals surface area contributed by atoms with Gasteiger partial charge in [-0.15, -0.1) is 0 Å². The molecule has 0 atom stereocenters. The first kappa shape index (κ1) is 14.9. The van der Waals surface area contributed by atoms with Gasteiger partial charge in [0, 0.05) is 11.0 Å². The molecule has 0 aliphatic carbocycles. The molecule has 0 aliphatic heterocycles. The largest absolute Gasteiger partial charge is 0.358 e. The van der Waals surface area contributed by atoms with Crippen LogP contribution in [0.4, 0.5) is 11.5 Å². The lowest BCUT2D eigenvalue weighted by atomic mass is 10.1. The first-order valence-electron chi connectivity index (χ1n) is 5.17. The summed E-state index contributed by atoms with van der Waals surface area (Å²) in [5.74, 6) is -0.705. The van der Waals surface area contributed by atoms with Crippen LogP contribution in [0.25, 0.3) is 10.9 Å². The molecule has 0 saturated carbocycles. The topological polar surface area (TPSA) is 145 Å². The molecule has 2 aromatic rings. The number of hydrogen-bond acceptors (Lipinski definition) is 6. The lowest BCUT2D eigenvalue weighted by Crippen LogP contribution is -2.02. The molecule has 0 unspecified atom stereocenters. The number of aromatic nitrogens is 1. The van der Waals surface area contributed by atoms with Crippen molar-refractivity contribution in [2.45, 2.75) is 6.54 Å². The van der Waals surface area contributed by atoms with E-state index in [1.54, 1.807) is 0 Å². The van der Waals surface area contributed by atoms with Gasteiger partial charge in [-0.1, -0.05) is 23.2 Å². The summed E-state index contributed by atoms with van der Waals surface area (Å²) in [6.45, 7) is -0.963. The van der Waals surface area contributed by atoms with E-state index in [0.29, 0.717) is 0 Å². The second kappa shape index (κ2) is 5.14. The van der Waals surface area contributed by atoms with E-state index in [9.17, 15) is 30.3 Å². The highest BCUT2D eigenvalue weighted by Gasteiger charge is 2.33. The van der Waals surface area contributed by atoms with Crippen LogP contribution in [0.1, 0.15) is 5.56 Å². The molecule has 2 rings (SSSR count). The predicted octanol–water partition coefficient (Wildman–Crippen LogP) is 3.07. The third kappa shape index (κ3) is 2.45. The van der Waals surface area contributed by atoms with Gasteiger partial charge in [-0.2, -0.15) is 0 Å². The van der Waals surface area contributed by atoms with Gasteiger partial charge < -0.3 is 10.1 Å². The summed E-state index contributed by atoms with van der Waals surface area (Å²) in [5.41, 5.74) is -1.20. The minimum atomic E-state index is -0.963. The van der Waals surface area contributed by atoms with Crippen LogP contribution >= 0.6 is 23.2 Å². The Kier molecular flexibility index (Phi) is 3.66. The highest BCUT2D eigenvalue weighted by molar-refractivity contribution is 6.44. The quantitative estimate of drug-likeness (QED) is 0.671. The Bertz CT molecular complexity index is 801. The van der Waals surface area contributed by atoms with Crippen molar-refractivity contribution in [2.24, 2.45) is 0 Å². The van der Waals surface area contributed by atoms with E-state index in [2.05, 4.69) is 4.98 Å². The summed E-state index contributed by atoms with van der Waals surface area (Å²) in [6.07, 6.45) is 0. The van der Waals surface area contributed by atoms with Crippen LogP contribution < -0.4 is 0 Å². The summed E-state index contributed by atoms with van der Waals surface area (Å²) in [6, 6.07) is 1.14. The Hall–Kier alpha value is -2.46. The molecule has 1 aromatic carbocycles. The molecule has 12 heteroatoms. The Morgan fingerprint density at radius 1 is 1.10 bits per heavy atom. The minimum Gasteiger partial charge on any atom is -0.358 e. The summed E-state index contributed by atoms with van der Waals surface area (Å²) < 4.78 is 0. The first-order valence-corrected chi connectivity index (χ1v) is 5.92. The SMILES string of the molecule is O=[N+]([O-])Cc1c([N+](=O)[O-])[nH]c2cc(Cl)c(Cl)c([N+](=O)[O-])c12. The predicted molar refractivity (Wildman–Crippen MR) is 72.3 cm³/mol. The van der Waals surface area contributed by atoms with Crippen LogP contribution in [-0.4, -0.2) is 19.8 Å². The number of nitro groups is 3. The third-order valence-corrected chi connectivity index (χ3v) is 3.47. The van der Waals surface area contributed by atoms with E-state index < -0.39 is 43.4 Å². The summed E-state index contributed by atoms with van der Waals surface area (Å²) in [7, 11) is 0. The number of benzene rings is 1. The van der Waals surface area contributed by atoms with Crippen molar-refractivity contribution in [3.63, 3.8) is 0 Å². The van der Waals surface area contributed by atoms with Crippen LogP contribution in [0.5, 0.6) is 0 Å². The minimum absolute atomic E-state index is 0.0698. The molecule has 0 aliphatic rings. The molecular weight excluding hydrogens is 331 g/mol. The monoisotopic (exact) mass is 334 g/mol.